The van der Waals surface area contributed by atoms with E-state index in [0.717, 1.165) is 10.6 Å². The van der Waals surface area contributed by atoms with Crippen LogP contribution >= 0.6 is 23.1 Å². The second kappa shape index (κ2) is 7.71. The molecule has 0 aliphatic rings. The van der Waals surface area contributed by atoms with Crippen LogP contribution in [0, 0.1) is 0 Å². The maximum atomic E-state index is 12.2. The molecule has 3 rings (SSSR count). The molecule has 0 bridgehead atoms. The zero-order chi connectivity index (χ0) is 17.8. The van der Waals surface area contributed by atoms with Gasteiger partial charge in [-0.3, -0.25) is 4.79 Å². The number of nitrogens with two attached hydrogens (primary N) is 1. The van der Waals surface area contributed by atoms with Crippen molar-refractivity contribution >= 4 is 34.7 Å². The molecule has 0 spiro atoms. The second-order valence-corrected chi connectivity index (χ2v) is 7.66. The van der Waals surface area contributed by atoms with Crippen molar-refractivity contribution in [2.75, 3.05) is 16.9 Å². The monoisotopic (exact) mass is 373 g/mol. The molecule has 0 saturated heterocycles. The highest BCUT2D eigenvalue weighted by Crippen LogP contribution is 2.25. The van der Waals surface area contributed by atoms with Crippen molar-refractivity contribution in [2.24, 2.45) is 0 Å². The molecule has 0 unspecified atom stereocenters. The summed E-state index contributed by atoms with van der Waals surface area (Å²) in [6.45, 7) is 4.24. The van der Waals surface area contributed by atoms with Crippen molar-refractivity contribution in [1.82, 2.24) is 14.9 Å². The maximum Gasteiger partial charge on any atom is 0.234 e. The Balaban J connectivity index is 1.60. The third kappa shape index (κ3) is 4.21. The van der Waals surface area contributed by atoms with E-state index in [1.165, 1.54) is 22.0 Å². The molecule has 1 amide bonds. The molecule has 0 aliphatic heterocycles. The van der Waals surface area contributed by atoms with Gasteiger partial charge in [-0.2, -0.15) is 0 Å². The number of aromatic nitrogens is 3. The molecule has 1 aromatic carbocycles. The summed E-state index contributed by atoms with van der Waals surface area (Å²) < 4.78 is 1.42. The Morgan fingerprint density at radius 1 is 1.32 bits per heavy atom. The molecule has 3 aromatic rings. The predicted molar refractivity (Wildman–Crippen MR) is 103 cm³/mol. The molecule has 0 saturated carbocycles. The minimum Gasteiger partial charge on any atom is -0.335 e. The molecule has 6 nitrogen and oxygen atoms in total. The van der Waals surface area contributed by atoms with Gasteiger partial charge in [-0.15, -0.1) is 21.5 Å². The standard InChI is InChI=1S/C17H19N5OS2/c1-11(2)12-5-3-6-13(9-12)19-15(23)10-25-17-21-20-16(22(17)18)14-7-4-8-24-14/h3-9,11H,10,18H2,1-2H3,(H,19,23). The number of anilines is 1. The van der Waals surface area contributed by atoms with Crippen LogP contribution in [-0.4, -0.2) is 26.5 Å². The van der Waals surface area contributed by atoms with Gasteiger partial charge < -0.3 is 11.2 Å². The summed E-state index contributed by atoms with van der Waals surface area (Å²) in [5.41, 5.74) is 1.98. The van der Waals surface area contributed by atoms with Crippen molar-refractivity contribution < 1.29 is 4.79 Å². The number of hydrogen-bond acceptors (Lipinski definition) is 6. The average molecular weight is 374 g/mol. The fourth-order valence-electron chi connectivity index (χ4n) is 2.25. The number of nitrogens with zero attached hydrogens (tertiary/aromatic N) is 3. The molecule has 8 heteroatoms. The number of benzene rings is 1. The topological polar surface area (TPSA) is 85.8 Å². The summed E-state index contributed by atoms with van der Waals surface area (Å²) in [6, 6.07) is 11.7. The summed E-state index contributed by atoms with van der Waals surface area (Å²) in [5, 5.41) is 13.5. The van der Waals surface area contributed by atoms with Crippen LogP contribution in [0.2, 0.25) is 0 Å². The van der Waals surface area contributed by atoms with Crippen molar-refractivity contribution in [2.45, 2.75) is 24.9 Å². The first-order valence-electron chi connectivity index (χ1n) is 7.81. The lowest BCUT2D eigenvalue weighted by Crippen LogP contribution is -2.16. The summed E-state index contributed by atoms with van der Waals surface area (Å²) >= 11 is 2.80. The van der Waals surface area contributed by atoms with Crippen LogP contribution in [0.4, 0.5) is 5.69 Å². The number of nitrogen functional groups attached to an aromatic ring is 1. The highest BCUT2D eigenvalue weighted by molar-refractivity contribution is 7.99. The number of carbonyl (C=O) groups excluding carboxylic acids is 1. The first kappa shape index (κ1) is 17.5. The Kier molecular flexibility index (Phi) is 5.40. The number of nitrogens with one attached hydrogen (secondary N) is 1. The number of carbonyl (C=O) groups is 1. The van der Waals surface area contributed by atoms with E-state index >= 15 is 0 Å². The van der Waals surface area contributed by atoms with E-state index < -0.39 is 0 Å². The molecule has 0 atom stereocenters. The van der Waals surface area contributed by atoms with Gasteiger partial charge in [0.05, 0.1) is 10.6 Å². The van der Waals surface area contributed by atoms with E-state index in [9.17, 15) is 4.79 Å². The molecule has 130 valence electrons. The zero-order valence-electron chi connectivity index (χ0n) is 14.0. The van der Waals surface area contributed by atoms with Gasteiger partial charge in [0, 0.05) is 5.69 Å². The lowest BCUT2D eigenvalue weighted by Gasteiger charge is -2.09. The Morgan fingerprint density at radius 3 is 2.88 bits per heavy atom. The third-order valence-corrected chi connectivity index (χ3v) is 5.38. The first-order chi connectivity index (χ1) is 12.0. The van der Waals surface area contributed by atoms with E-state index in [4.69, 9.17) is 5.84 Å². The van der Waals surface area contributed by atoms with Gasteiger partial charge in [-0.05, 0) is 35.1 Å². The van der Waals surface area contributed by atoms with Crippen LogP contribution in [0.1, 0.15) is 25.3 Å². The zero-order valence-corrected chi connectivity index (χ0v) is 15.6. The van der Waals surface area contributed by atoms with E-state index in [1.54, 1.807) is 11.3 Å². The van der Waals surface area contributed by atoms with Crippen LogP contribution in [0.3, 0.4) is 0 Å². The lowest BCUT2D eigenvalue weighted by molar-refractivity contribution is -0.113. The molecule has 2 heterocycles. The number of thioether (sulfide) groups is 1. The largest absolute Gasteiger partial charge is 0.335 e. The Hall–Kier alpha value is -2.32. The van der Waals surface area contributed by atoms with Crippen LogP contribution in [0.5, 0.6) is 0 Å². The van der Waals surface area contributed by atoms with Crippen LogP contribution in [-0.2, 0) is 4.79 Å². The highest BCUT2D eigenvalue weighted by atomic mass is 32.2. The fraction of sp³-hybridized carbons (Fsp3) is 0.235. The third-order valence-electron chi connectivity index (χ3n) is 3.58. The Labute approximate surface area is 154 Å². The minimum atomic E-state index is -0.105. The number of rotatable bonds is 6. The molecule has 0 fully saturated rings. The summed E-state index contributed by atoms with van der Waals surface area (Å²) in [4.78, 5) is 13.1. The second-order valence-electron chi connectivity index (χ2n) is 5.77. The van der Waals surface area contributed by atoms with Crippen LogP contribution < -0.4 is 11.2 Å². The van der Waals surface area contributed by atoms with Crippen LogP contribution in [0.15, 0.2) is 46.9 Å². The van der Waals surface area contributed by atoms with Crippen molar-refractivity contribution in [1.29, 1.82) is 0 Å². The molecular weight excluding hydrogens is 354 g/mol. The molecular formula is C17H19N5OS2. The quantitative estimate of drug-likeness (QED) is 0.509. The van der Waals surface area contributed by atoms with Gasteiger partial charge >= 0.3 is 0 Å². The van der Waals surface area contributed by atoms with Crippen molar-refractivity contribution in [3.63, 3.8) is 0 Å². The summed E-state index contributed by atoms with van der Waals surface area (Å²) in [7, 11) is 0. The van der Waals surface area contributed by atoms with Crippen molar-refractivity contribution in [3.8, 4) is 10.7 Å². The number of hydrogen-bond donors (Lipinski definition) is 2. The Morgan fingerprint density at radius 2 is 2.16 bits per heavy atom. The Bertz CT molecular complexity index is 858. The van der Waals surface area contributed by atoms with Gasteiger partial charge in [0.1, 0.15) is 0 Å². The maximum absolute atomic E-state index is 12.2. The van der Waals surface area contributed by atoms with Gasteiger partial charge in [0.2, 0.25) is 11.1 Å². The molecule has 25 heavy (non-hydrogen) atoms. The number of thiophene rings is 1. The highest BCUT2D eigenvalue weighted by Gasteiger charge is 2.14. The minimum absolute atomic E-state index is 0.105. The molecule has 3 N–H and O–H groups in total. The smallest absolute Gasteiger partial charge is 0.234 e. The normalized spacial score (nSPS) is 11.0. The lowest BCUT2D eigenvalue weighted by atomic mass is 10.0. The average Bonchev–Trinajstić information content (AvgIpc) is 3.23. The fourth-order valence-corrected chi connectivity index (χ4v) is 3.61. The SMILES string of the molecule is CC(C)c1cccc(NC(=O)CSc2nnc(-c3cccs3)n2N)c1. The summed E-state index contributed by atoms with van der Waals surface area (Å²) in [6.07, 6.45) is 0. The molecule has 0 aliphatic carbocycles. The summed E-state index contributed by atoms with van der Waals surface area (Å²) in [5.74, 6) is 7.16. The molecule has 0 radical (unpaired) electrons. The van der Waals surface area contributed by atoms with E-state index in [2.05, 4.69) is 35.4 Å². The van der Waals surface area contributed by atoms with Gasteiger partial charge in [0.15, 0.2) is 5.82 Å². The van der Waals surface area contributed by atoms with Crippen LogP contribution in [0.25, 0.3) is 10.7 Å². The molecule has 2 aromatic heterocycles. The van der Waals surface area contributed by atoms with E-state index in [-0.39, 0.29) is 11.7 Å². The predicted octanol–water partition coefficient (Wildman–Crippen LogP) is 3.57. The van der Waals surface area contributed by atoms with E-state index in [0.29, 0.717) is 16.9 Å². The number of amides is 1. The first-order valence-corrected chi connectivity index (χ1v) is 9.68. The van der Waals surface area contributed by atoms with Gasteiger partial charge in [-0.25, -0.2) is 4.68 Å². The van der Waals surface area contributed by atoms with Crippen molar-refractivity contribution in [3.05, 3.63) is 47.3 Å². The van der Waals surface area contributed by atoms with Gasteiger partial charge in [-0.1, -0.05) is 43.8 Å². The van der Waals surface area contributed by atoms with Gasteiger partial charge in [0.25, 0.3) is 0 Å². The van der Waals surface area contributed by atoms with E-state index in [1.807, 2.05) is 35.7 Å².